The SMILES string of the molecule is CCOC(=O)C1=C(C)Nc2ncnn2C1c1ccc(OCc2ccc(C)cc2)c(OC)c1. The van der Waals surface area contributed by atoms with E-state index in [1.807, 2.05) is 37.3 Å². The zero-order valence-corrected chi connectivity index (χ0v) is 18.6. The maximum atomic E-state index is 12.8. The summed E-state index contributed by atoms with van der Waals surface area (Å²) in [6, 6.07) is 13.3. The molecule has 1 aliphatic rings. The molecule has 8 nitrogen and oxygen atoms in total. The number of hydrogen-bond acceptors (Lipinski definition) is 7. The topological polar surface area (TPSA) is 87.5 Å². The van der Waals surface area contributed by atoms with Crippen LogP contribution < -0.4 is 14.8 Å². The Morgan fingerprint density at radius 2 is 1.91 bits per heavy atom. The molecule has 3 aromatic rings. The van der Waals surface area contributed by atoms with Gasteiger partial charge >= 0.3 is 5.97 Å². The molecule has 4 rings (SSSR count). The lowest BCUT2D eigenvalue weighted by Crippen LogP contribution is -2.29. The van der Waals surface area contributed by atoms with Gasteiger partial charge in [0.15, 0.2) is 11.5 Å². The van der Waals surface area contributed by atoms with Crippen LogP contribution in [0, 0.1) is 6.92 Å². The van der Waals surface area contributed by atoms with Gasteiger partial charge in [-0.2, -0.15) is 10.1 Å². The highest BCUT2D eigenvalue weighted by atomic mass is 16.5. The summed E-state index contributed by atoms with van der Waals surface area (Å²) >= 11 is 0. The number of rotatable bonds is 7. The van der Waals surface area contributed by atoms with E-state index < -0.39 is 12.0 Å². The number of benzene rings is 2. The zero-order chi connectivity index (χ0) is 22.7. The summed E-state index contributed by atoms with van der Waals surface area (Å²) in [4.78, 5) is 17.0. The Labute approximate surface area is 186 Å². The fraction of sp³-hybridized carbons (Fsp3) is 0.292. The van der Waals surface area contributed by atoms with Gasteiger partial charge in [0.2, 0.25) is 5.95 Å². The van der Waals surface area contributed by atoms with Gasteiger partial charge in [-0.3, -0.25) is 0 Å². The summed E-state index contributed by atoms with van der Waals surface area (Å²) in [5.41, 5.74) is 4.22. The molecule has 32 heavy (non-hydrogen) atoms. The van der Waals surface area contributed by atoms with Crippen molar-refractivity contribution in [3.8, 4) is 11.5 Å². The van der Waals surface area contributed by atoms with Crippen LogP contribution >= 0.6 is 0 Å². The van der Waals surface area contributed by atoms with Crippen LogP contribution in [0.5, 0.6) is 11.5 Å². The molecule has 2 heterocycles. The second-order valence-corrected chi connectivity index (χ2v) is 7.50. The van der Waals surface area contributed by atoms with Crippen molar-refractivity contribution in [2.45, 2.75) is 33.4 Å². The van der Waals surface area contributed by atoms with Crippen molar-refractivity contribution in [2.75, 3.05) is 19.0 Å². The molecule has 0 amide bonds. The quantitative estimate of drug-likeness (QED) is 0.562. The highest BCUT2D eigenvalue weighted by molar-refractivity contribution is 5.92. The minimum absolute atomic E-state index is 0.279. The molecule has 0 bridgehead atoms. The van der Waals surface area contributed by atoms with Gasteiger partial charge in [0.25, 0.3) is 0 Å². The normalized spacial score (nSPS) is 15.1. The van der Waals surface area contributed by atoms with Crippen molar-refractivity contribution in [3.05, 3.63) is 76.8 Å². The molecule has 1 aromatic heterocycles. The number of carbonyl (C=O) groups is 1. The Bertz CT molecular complexity index is 1150. The summed E-state index contributed by atoms with van der Waals surface area (Å²) in [5.74, 6) is 1.33. The summed E-state index contributed by atoms with van der Waals surface area (Å²) in [5, 5.41) is 7.46. The van der Waals surface area contributed by atoms with Crippen LogP contribution in [-0.2, 0) is 16.1 Å². The minimum atomic E-state index is -0.507. The number of fused-ring (bicyclic) bond motifs is 1. The van der Waals surface area contributed by atoms with E-state index in [9.17, 15) is 4.79 Å². The van der Waals surface area contributed by atoms with E-state index in [-0.39, 0.29) is 6.61 Å². The first kappa shape index (κ1) is 21.4. The van der Waals surface area contributed by atoms with E-state index in [0.717, 1.165) is 11.1 Å². The number of anilines is 1. The number of allylic oxidation sites excluding steroid dienone is 1. The fourth-order valence-corrected chi connectivity index (χ4v) is 3.69. The van der Waals surface area contributed by atoms with Crippen LogP contribution in [-0.4, -0.2) is 34.5 Å². The van der Waals surface area contributed by atoms with Gasteiger partial charge < -0.3 is 19.5 Å². The smallest absolute Gasteiger partial charge is 0.338 e. The summed E-state index contributed by atoms with van der Waals surface area (Å²) in [6.45, 7) is 6.36. The summed E-state index contributed by atoms with van der Waals surface area (Å²) in [6.07, 6.45) is 1.45. The van der Waals surface area contributed by atoms with E-state index in [0.29, 0.717) is 35.3 Å². The molecule has 8 heteroatoms. The molecule has 2 aromatic carbocycles. The van der Waals surface area contributed by atoms with E-state index in [2.05, 4.69) is 34.5 Å². The van der Waals surface area contributed by atoms with Crippen molar-refractivity contribution in [1.82, 2.24) is 14.8 Å². The molecule has 0 fully saturated rings. The molecule has 166 valence electrons. The van der Waals surface area contributed by atoms with Crippen LogP contribution in [0.3, 0.4) is 0 Å². The number of esters is 1. The fourth-order valence-electron chi connectivity index (χ4n) is 3.69. The first-order valence-corrected chi connectivity index (χ1v) is 10.4. The van der Waals surface area contributed by atoms with Crippen molar-refractivity contribution >= 4 is 11.9 Å². The third kappa shape index (κ3) is 4.16. The molecule has 1 N–H and O–H groups in total. The standard InChI is InChI=1S/C24H26N4O4/c1-5-31-23(29)21-16(3)27-24-25-14-26-28(24)22(21)18-10-11-19(20(12-18)30-4)32-13-17-8-6-15(2)7-9-17/h6-12,14,22H,5,13H2,1-4H3,(H,25,26,27). The van der Waals surface area contributed by atoms with E-state index in [1.54, 1.807) is 18.7 Å². The van der Waals surface area contributed by atoms with Crippen molar-refractivity contribution in [1.29, 1.82) is 0 Å². The third-order valence-electron chi connectivity index (χ3n) is 5.31. The molecular formula is C24H26N4O4. The number of hydrogen-bond donors (Lipinski definition) is 1. The molecule has 1 unspecified atom stereocenters. The maximum Gasteiger partial charge on any atom is 0.338 e. The Morgan fingerprint density at radius 3 is 2.62 bits per heavy atom. The highest BCUT2D eigenvalue weighted by Gasteiger charge is 2.34. The summed E-state index contributed by atoms with van der Waals surface area (Å²) < 4.78 is 18.6. The van der Waals surface area contributed by atoms with Gasteiger partial charge in [-0.05, 0) is 44.0 Å². The third-order valence-corrected chi connectivity index (χ3v) is 5.31. The van der Waals surface area contributed by atoms with Gasteiger partial charge in [0, 0.05) is 5.70 Å². The van der Waals surface area contributed by atoms with Crippen LogP contribution in [0.4, 0.5) is 5.95 Å². The lowest BCUT2D eigenvalue weighted by atomic mass is 9.95. The second kappa shape index (κ2) is 9.13. The lowest BCUT2D eigenvalue weighted by Gasteiger charge is -2.28. The van der Waals surface area contributed by atoms with Gasteiger partial charge in [-0.25, -0.2) is 9.48 Å². The molecule has 1 atom stereocenters. The number of aryl methyl sites for hydroxylation is 1. The predicted octanol–water partition coefficient (Wildman–Crippen LogP) is 4.03. The predicted molar refractivity (Wildman–Crippen MR) is 120 cm³/mol. The Morgan fingerprint density at radius 1 is 1.12 bits per heavy atom. The number of nitrogens with zero attached hydrogens (tertiary/aromatic N) is 3. The molecule has 0 saturated heterocycles. The van der Waals surface area contributed by atoms with Crippen LogP contribution in [0.2, 0.25) is 0 Å². The maximum absolute atomic E-state index is 12.8. The number of ether oxygens (including phenoxy) is 3. The number of nitrogens with one attached hydrogen (secondary N) is 1. The van der Waals surface area contributed by atoms with Crippen LogP contribution in [0.15, 0.2) is 60.1 Å². The van der Waals surface area contributed by atoms with Crippen LogP contribution in [0.1, 0.15) is 36.6 Å². The zero-order valence-electron chi connectivity index (χ0n) is 18.6. The van der Waals surface area contributed by atoms with Gasteiger partial charge in [0.1, 0.15) is 19.0 Å². The monoisotopic (exact) mass is 434 g/mol. The van der Waals surface area contributed by atoms with Crippen molar-refractivity contribution in [2.24, 2.45) is 0 Å². The van der Waals surface area contributed by atoms with Crippen molar-refractivity contribution in [3.63, 3.8) is 0 Å². The largest absolute Gasteiger partial charge is 0.493 e. The average Bonchev–Trinajstić information content (AvgIpc) is 3.25. The number of aromatic nitrogens is 3. The molecule has 1 aliphatic heterocycles. The average molecular weight is 434 g/mol. The first-order valence-electron chi connectivity index (χ1n) is 10.4. The van der Waals surface area contributed by atoms with E-state index in [4.69, 9.17) is 14.2 Å². The molecule has 0 radical (unpaired) electrons. The van der Waals surface area contributed by atoms with Gasteiger partial charge in [-0.1, -0.05) is 35.9 Å². The summed E-state index contributed by atoms with van der Waals surface area (Å²) in [7, 11) is 1.59. The lowest BCUT2D eigenvalue weighted by molar-refractivity contribution is -0.139. The number of carbonyl (C=O) groups excluding carboxylic acids is 1. The molecule has 0 saturated carbocycles. The molecule has 0 aliphatic carbocycles. The Balaban J connectivity index is 1.67. The van der Waals surface area contributed by atoms with Crippen molar-refractivity contribution < 1.29 is 19.0 Å². The Kier molecular flexibility index (Phi) is 6.11. The second-order valence-electron chi connectivity index (χ2n) is 7.50. The molecular weight excluding hydrogens is 408 g/mol. The Hall–Kier alpha value is -3.81. The minimum Gasteiger partial charge on any atom is -0.493 e. The van der Waals surface area contributed by atoms with Gasteiger partial charge in [0.05, 0.1) is 19.3 Å². The van der Waals surface area contributed by atoms with Crippen LogP contribution in [0.25, 0.3) is 0 Å². The highest BCUT2D eigenvalue weighted by Crippen LogP contribution is 2.39. The van der Waals surface area contributed by atoms with E-state index in [1.165, 1.54) is 11.9 Å². The van der Waals surface area contributed by atoms with Gasteiger partial charge in [-0.15, -0.1) is 0 Å². The van der Waals surface area contributed by atoms with E-state index >= 15 is 0 Å². The first-order chi connectivity index (χ1) is 15.5. The number of methoxy groups -OCH3 is 1. The molecule has 0 spiro atoms.